The van der Waals surface area contributed by atoms with Crippen molar-refractivity contribution in [3.05, 3.63) is 0 Å². The molecular weight excluding hydrogens is 224 g/mol. The zero-order chi connectivity index (χ0) is 13.0. The molecule has 1 saturated carbocycles. The zero-order valence-corrected chi connectivity index (χ0v) is 12.3. The van der Waals surface area contributed by atoms with Crippen LogP contribution in [0, 0.1) is 5.92 Å². The summed E-state index contributed by atoms with van der Waals surface area (Å²) in [5.41, 5.74) is -0.0485. The highest BCUT2D eigenvalue weighted by Crippen LogP contribution is 2.31. The van der Waals surface area contributed by atoms with Crippen LogP contribution in [0.5, 0.6) is 0 Å². The van der Waals surface area contributed by atoms with E-state index in [-0.39, 0.29) is 5.60 Å². The second-order valence-electron chi connectivity index (χ2n) is 6.60. The standard InChI is InChI=1S/C15H30N2O/c1-15(2,18-3)11-17-14-9-6-7-12(14)13-8-4-5-10-16-13/h12-14,16-17H,4-11H2,1-3H3. The normalized spacial score (nSPS) is 33.8. The SMILES string of the molecule is COC(C)(C)CNC1CCCC1C1CCCCN1. The van der Waals surface area contributed by atoms with Crippen molar-refractivity contribution < 1.29 is 4.74 Å². The lowest BCUT2D eigenvalue weighted by Crippen LogP contribution is -2.49. The Labute approximate surface area is 112 Å². The maximum Gasteiger partial charge on any atom is 0.0746 e. The van der Waals surface area contributed by atoms with Gasteiger partial charge in [0, 0.05) is 25.7 Å². The lowest BCUT2D eigenvalue weighted by molar-refractivity contribution is 0.0193. The van der Waals surface area contributed by atoms with Crippen LogP contribution >= 0.6 is 0 Å². The third-order valence-corrected chi connectivity index (χ3v) is 4.78. The fraction of sp³-hybridized carbons (Fsp3) is 1.00. The molecule has 1 heterocycles. The van der Waals surface area contributed by atoms with E-state index in [1.165, 1.54) is 45.1 Å². The van der Waals surface area contributed by atoms with E-state index in [0.29, 0.717) is 6.04 Å². The van der Waals surface area contributed by atoms with Gasteiger partial charge in [-0.1, -0.05) is 12.8 Å². The van der Waals surface area contributed by atoms with Crippen LogP contribution in [-0.4, -0.2) is 37.9 Å². The Hall–Kier alpha value is -0.120. The van der Waals surface area contributed by atoms with Crippen molar-refractivity contribution in [3.8, 4) is 0 Å². The molecule has 1 aliphatic carbocycles. The zero-order valence-electron chi connectivity index (χ0n) is 12.3. The van der Waals surface area contributed by atoms with Crippen molar-refractivity contribution in [2.24, 2.45) is 5.92 Å². The molecule has 0 aromatic carbocycles. The minimum absolute atomic E-state index is 0.0485. The molecule has 0 bridgehead atoms. The van der Waals surface area contributed by atoms with Crippen molar-refractivity contribution in [2.45, 2.75) is 70.1 Å². The summed E-state index contributed by atoms with van der Waals surface area (Å²) in [7, 11) is 1.80. The molecular formula is C15H30N2O. The van der Waals surface area contributed by atoms with Crippen LogP contribution in [-0.2, 0) is 4.74 Å². The summed E-state index contributed by atoms with van der Waals surface area (Å²) in [6.07, 6.45) is 8.25. The average molecular weight is 254 g/mol. The predicted octanol–water partition coefficient (Wildman–Crippen LogP) is 2.31. The van der Waals surface area contributed by atoms with Gasteiger partial charge in [0.05, 0.1) is 5.60 Å². The second kappa shape index (κ2) is 6.36. The van der Waals surface area contributed by atoms with Crippen LogP contribution in [0.15, 0.2) is 0 Å². The van der Waals surface area contributed by atoms with Crippen molar-refractivity contribution in [3.63, 3.8) is 0 Å². The highest BCUT2D eigenvalue weighted by molar-refractivity contribution is 4.93. The molecule has 2 rings (SSSR count). The van der Waals surface area contributed by atoms with E-state index in [4.69, 9.17) is 4.74 Å². The smallest absolute Gasteiger partial charge is 0.0746 e. The van der Waals surface area contributed by atoms with E-state index in [0.717, 1.165) is 18.5 Å². The first kappa shape index (κ1) is 14.3. The fourth-order valence-electron chi connectivity index (χ4n) is 3.42. The van der Waals surface area contributed by atoms with Gasteiger partial charge in [-0.2, -0.15) is 0 Å². The molecule has 18 heavy (non-hydrogen) atoms. The van der Waals surface area contributed by atoms with E-state index in [2.05, 4.69) is 24.5 Å². The van der Waals surface area contributed by atoms with Crippen LogP contribution in [0.3, 0.4) is 0 Å². The molecule has 0 aromatic heterocycles. The molecule has 0 aromatic rings. The van der Waals surface area contributed by atoms with E-state index in [1.807, 2.05) is 0 Å². The molecule has 106 valence electrons. The topological polar surface area (TPSA) is 33.3 Å². The molecule has 3 atom stereocenters. The van der Waals surface area contributed by atoms with Gasteiger partial charge < -0.3 is 15.4 Å². The second-order valence-corrected chi connectivity index (χ2v) is 6.60. The summed E-state index contributed by atoms with van der Waals surface area (Å²) < 4.78 is 5.50. The predicted molar refractivity (Wildman–Crippen MR) is 75.9 cm³/mol. The Bertz CT molecular complexity index is 249. The Morgan fingerprint density at radius 1 is 1.17 bits per heavy atom. The van der Waals surface area contributed by atoms with Gasteiger partial charge in [0.1, 0.15) is 0 Å². The maximum atomic E-state index is 5.50. The molecule has 3 nitrogen and oxygen atoms in total. The Kier molecular flexibility index (Phi) is 5.05. The van der Waals surface area contributed by atoms with E-state index in [9.17, 15) is 0 Å². The highest BCUT2D eigenvalue weighted by atomic mass is 16.5. The molecule has 3 unspecified atom stereocenters. The third kappa shape index (κ3) is 3.69. The monoisotopic (exact) mass is 254 g/mol. The van der Waals surface area contributed by atoms with E-state index in [1.54, 1.807) is 7.11 Å². The third-order valence-electron chi connectivity index (χ3n) is 4.78. The van der Waals surface area contributed by atoms with Gasteiger partial charge >= 0.3 is 0 Å². The number of methoxy groups -OCH3 is 1. The molecule has 0 radical (unpaired) electrons. The molecule has 3 heteroatoms. The van der Waals surface area contributed by atoms with Gasteiger partial charge in [-0.25, -0.2) is 0 Å². The van der Waals surface area contributed by atoms with Crippen LogP contribution in [0.2, 0.25) is 0 Å². The van der Waals surface area contributed by atoms with Crippen LogP contribution in [0.25, 0.3) is 0 Å². The molecule has 0 spiro atoms. The minimum atomic E-state index is -0.0485. The molecule has 0 amide bonds. The van der Waals surface area contributed by atoms with Crippen molar-refractivity contribution >= 4 is 0 Å². The van der Waals surface area contributed by atoms with E-state index >= 15 is 0 Å². The van der Waals surface area contributed by atoms with E-state index < -0.39 is 0 Å². The molecule has 2 N–H and O–H groups in total. The minimum Gasteiger partial charge on any atom is -0.377 e. The number of rotatable bonds is 5. The average Bonchev–Trinajstić information content (AvgIpc) is 2.86. The Morgan fingerprint density at radius 2 is 2.00 bits per heavy atom. The van der Waals surface area contributed by atoms with Gasteiger partial charge in [0.2, 0.25) is 0 Å². The first-order chi connectivity index (χ1) is 8.62. The lowest BCUT2D eigenvalue weighted by Gasteiger charge is -2.34. The highest BCUT2D eigenvalue weighted by Gasteiger charge is 2.34. The largest absolute Gasteiger partial charge is 0.377 e. The summed E-state index contributed by atoms with van der Waals surface area (Å²) in [5, 5.41) is 7.49. The maximum absolute atomic E-state index is 5.50. The van der Waals surface area contributed by atoms with Gasteiger partial charge in [-0.3, -0.25) is 0 Å². The van der Waals surface area contributed by atoms with Crippen LogP contribution in [0.1, 0.15) is 52.4 Å². The van der Waals surface area contributed by atoms with Gasteiger partial charge in [0.25, 0.3) is 0 Å². The molecule has 1 saturated heterocycles. The summed E-state index contributed by atoms with van der Waals surface area (Å²) >= 11 is 0. The number of nitrogens with one attached hydrogen (secondary N) is 2. The van der Waals surface area contributed by atoms with Gasteiger partial charge in [-0.05, 0) is 52.0 Å². The Morgan fingerprint density at radius 3 is 2.67 bits per heavy atom. The number of ether oxygens (including phenoxy) is 1. The Balaban J connectivity index is 1.83. The lowest BCUT2D eigenvalue weighted by atomic mass is 9.88. The first-order valence-corrected chi connectivity index (χ1v) is 7.64. The molecule has 1 aliphatic heterocycles. The van der Waals surface area contributed by atoms with Crippen molar-refractivity contribution in [2.75, 3.05) is 20.2 Å². The summed E-state index contributed by atoms with van der Waals surface area (Å²) in [5.74, 6) is 0.831. The summed E-state index contributed by atoms with van der Waals surface area (Å²) in [4.78, 5) is 0. The number of hydrogen-bond acceptors (Lipinski definition) is 3. The van der Waals surface area contributed by atoms with Crippen LogP contribution in [0.4, 0.5) is 0 Å². The quantitative estimate of drug-likeness (QED) is 0.790. The molecule has 2 fully saturated rings. The number of piperidine rings is 1. The summed E-state index contributed by atoms with van der Waals surface area (Å²) in [6.45, 7) is 6.49. The van der Waals surface area contributed by atoms with Crippen LogP contribution < -0.4 is 10.6 Å². The summed E-state index contributed by atoms with van der Waals surface area (Å²) in [6, 6.07) is 1.44. The molecule has 2 aliphatic rings. The van der Waals surface area contributed by atoms with Crippen molar-refractivity contribution in [1.82, 2.24) is 10.6 Å². The van der Waals surface area contributed by atoms with Crippen molar-refractivity contribution in [1.29, 1.82) is 0 Å². The first-order valence-electron chi connectivity index (χ1n) is 7.64. The van der Waals surface area contributed by atoms with Gasteiger partial charge in [-0.15, -0.1) is 0 Å². The fourth-order valence-corrected chi connectivity index (χ4v) is 3.42. The number of hydrogen-bond donors (Lipinski definition) is 2. The van der Waals surface area contributed by atoms with Gasteiger partial charge in [0.15, 0.2) is 0 Å².